The van der Waals surface area contributed by atoms with Crippen LogP contribution in [0.1, 0.15) is 83.1 Å². The Balaban J connectivity index is 1.06. The molecule has 7 rings (SSSR count). The Bertz CT molecular complexity index is 2130. The number of likely N-dealkylation sites (tertiary alicyclic amines) is 1. The van der Waals surface area contributed by atoms with Gasteiger partial charge in [-0.1, -0.05) is 44.2 Å². The van der Waals surface area contributed by atoms with Gasteiger partial charge in [0.05, 0.1) is 50.7 Å². The third kappa shape index (κ3) is 7.86. The second-order valence-corrected chi connectivity index (χ2v) is 16.2. The zero-order valence-corrected chi connectivity index (χ0v) is 34.2. The van der Waals surface area contributed by atoms with Crippen LogP contribution in [0.3, 0.4) is 0 Å². The molecule has 4 amide bonds. The fraction of sp³-hybridized carbons (Fsp3) is 0.488. The quantitative estimate of drug-likeness (QED) is 0.118. The van der Waals surface area contributed by atoms with Crippen LogP contribution in [0, 0.1) is 23.7 Å². The van der Waals surface area contributed by atoms with E-state index in [0.29, 0.717) is 24.0 Å². The molecule has 308 valence electrons. The van der Waals surface area contributed by atoms with Gasteiger partial charge in [0.15, 0.2) is 0 Å². The molecule has 2 aromatic heterocycles. The van der Waals surface area contributed by atoms with Crippen molar-refractivity contribution >= 4 is 24.0 Å². The third-order valence-corrected chi connectivity index (χ3v) is 12.1. The Morgan fingerprint density at radius 3 is 2.16 bits per heavy atom. The zero-order valence-electron chi connectivity index (χ0n) is 34.2. The van der Waals surface area contributed by atoms with Crippen LogP contribution in [0.25, 0.3) is 33.9 Å². The number of ether oxygens (including phenoxy) is 3. The fourth-order valence-corrected chi connectivity index (χ4v) is 9.25. The zero-order chi connectivity index (χ0) is 41.2. The van der Waals surface area contributed by atoms with Gasteiger partial charge in [-0.05, 0) is 87.0 Å². The number of fused-ring (bicyclic) bond motifs is 2. The Labute approximate surface area is 338 Å². The summed E-state index contributed by atoms with van der Waals surface area (Å²) in [5.41, 5.74) is 8.05. The maximum Gasteiger partial charge on any atom is 0.425 e. The highest BCUT2D eigenvalue weighted by Gasteiger charge is 2.53. The number of hydrazine groups is 1. The Morgan fingerprint density at radius 1 is 0.810 bits per heavy atom. The number of imidazole rings is 2. The van der Waals surface area contributed by atoms with Gasteiger partial charge in [-0.2, -0.15) is 0 Å². The average Bonchev–Trinajstić information content (AvgIpc) is 4.09. The van der Waals surface area contributed by atoms with E-state index in [1.165, 1.54) is 19.2 Å². The van der Waals surface area contributed by atoms with Gasteiger partial charge in [-0.25, -0.2) is 30.0 Å². The summed E-state index contributed by atoms with van der Waals surface area (Å²) >= 11 is 0. The first kappa shape index (κ1) is 40.3. The Morgan fingerprint density at radius 2 is 1.47 bits per heavy atom. The normalized spacial score (nSPS) is 21.6. The van der Waals surface area contributed by atoms with Gasteiger partial charge in [0.25, 0.3) is 0 Å². The van der Waals surface area contributed by atoms with Crippen molar-refractivity contribution in [2.75, 3.05) is 27.9 Å². The highest BCUT2D eigenvalue weighted by atomic mass is 16.5. The third-order valence-electron chi connectivity index (χ3n) is 12.1. The number of methoxy groups -OCH3 is 3. The van der Waals surface area contributed by atoms with Crippen molar-refractivity contribution < 1.29 is 33.4 Å². The van der Waals surface area contributed by atoms with Crippen LogP contribution in [0.15, 0.2) is 54.9 Å². The molecule has 1 aliphatic heterocycles. The number of carbonyl (C=O) groups is 4. The summed E-state index contributed by atoms with van der Waals surface area (Å²) in [6.45, 7) is 8.13. The largest absolute Gasteiger partial charge is 0.496 e. The van der Waals surface area contributed by atoms with E-state index < -0.39 is 18.2 Å². The maximum atomic E-state index is 14.0. The van der Waals surface area contributed by atoms with Crippen LogP contribution in [0.2, 0.25) is 0 Å². The SMILES string of the molecule is COC(=O)NC(C(=O)N1CCC[C@H]1c1cnc(-c2ccc(-c3ccc(-c4ncc([C@@H]5C6CCC(C6)[C@H]5C(=O)N(NC(=O)OC)C(C)C)[nH]4)cc3)cc2OC)[nH]1)C(C)C. The van der Waals surface area contributed by atoms with E-state index in [-0.39, 0.29) is 47.6 Å². The topological polar surface area (TPSA) is 184 Å². The predicted octanol–water partition coefficient (Wildman–Crippen LogP) is 6.82. The summed E-state index contributed by atoms with van der Waals surface area (Å²) in [6.07, 6.45) is 6.99. The van der Waals surface area contributed by atoms with E-state index in [2.05, 4.69) is 20.7 Å². The number of carbonyl (C=O) groups excluding carboxylic acids is 4. The lowest BCUT2D eigenvalue weighted by Gasteiger charge is -2.35. The minimum absolute atomic E-state index is 0.0177. The molecule has 1 saturated heterocycles. The highest BCUT2D eigenvalue weighted by molar-refractivity contribution is 5.86. The van der Waals surface area contributed by atoms with Gasteiger partial charge in [0.2, 0.25) is 11.8 Å². The van der Waals surface area contributed by atoms with Crippen molar-refractivity contribution in [2.45, 2.75) is 83.8 Å². The molecule has 3 unspecified atom stereocenters. The number of aromatic nitrogens is 4. The molecule has 2 bridgehead atoms. The van der Waals surface area contributed by atoms with Crippen molar-refractivity contribution in [2.24, 2.45) is 23.7 Å². The van der Waals surface area contributed by atoms with E-state index >= 15 is 0 Å². The molecule has 2 saturated carbocycles. The van der Waals surface area contributed by atoms with Gasteiger partial charge < -0.3 is 34.4 Å². The molecule has 3 heterocycles. The number of hydrogen-bond donors (Lipinski definition) is 4. The van der Waals surface area contributed by atoms with E-state index in [0.717, 1.165) is 71.6 Å². The van der Waals surface area contributed by atoms with Gasteiger partial charge in [0, 0.05) is 36.0 Å². The maximum absolute atomic E-state index is 14.0. The van der Waals surface area contributed by atoms with Gasteiger partial charge in [-0.3, -0.25) is 9.59 Å². The molecule has 58 heavy (non-hydrogen) atoms. The summed E-state index contributed by atoms with van der Waals surface area (Å²) in [6, 6.07) is 13.0. The first-order chi connectivity index (χ1) is 27.9. The lowest BCUT2D eigenvalue weighted by molar-refractivity contribution is -0.143. The molecule has 3 aliphatic rings. The first-order valence-electron chi connectivity index (χ1n) is 20.1. The van der Waals surface area contributed by atoms with E-state index in [1.807, 2.05) is 81.3 Å². The summed E-state index contributed by atoms with van der Waals surface area (Å²) < 4.78 is 15.4. The summed E-state index contributed by atoms with van der Waals surface area (Å²) in [5, 5.41) is 4.12. The average molecular weight is 795 g/mol. The van der Waals surface area contributed by atoms with Crippen LogP contribution in [0.5, 0.6) is 5.75 Å². The molecular formula is C43H54N8O7. The van der Waals surface area contributed by atoms with Crippen LogP contribution in [0.4, 0.5) is 9.59 Å². The van der Waals surface area contributed by atoms with Gasteiger partial charge in [-0.15, -0.1) is 0 Å². The molecule has 2 aliphatic carbocycles. The van der Waals surface area contributed by atoms with Crippen molar-refractivity contribution in [3.63, 3.8) is 0 Å². The number of rotatable bonds is 11. The smallest absolute Gasteiger partial charge is 0.425 e. The predicted molar refractivity (Wildman–Crippen MR) is 216 cm³/mol. The lowest BCUT2D eigenvalue weighted by Crippen LogP contribution is -2.53. The second-order valence-electron chi connectivity index (χ2n) is 16.2. The Kier molecular flexibility index (Phi) is 11.8. The minimum atomic E-state index is -0.703. The molecular weight excluding hydrogens is 741 g/mol. The van der Waals surface area contributed by atoms with Crippen LogP contribution >= 0.6 is 0 Å². The fourth-order valence-electron chi connectivity index (χ4n) is 9.25. The molecule has 3 fully saturated rings. The minimum Gasteiger partial charge on any atom is -0.496 e. The van der Waals surface area contributed by atoms with Gasteiger partial charge in [0.1, 0.15) is 23.4 Å². The molecule has 0 radical (unpaired) electrons. The number of aromatic amines is 2. The number of nitrogens with zero attached hydrogens (tertiary/aromatic N) is 4. The summed E-state index contributed by atoms with van der Waals surface area (Å²) in [4.78, 5) is 69.9. The number of benzene rings is 2. The standard InChI is InChI=1S/C43H54N8O7/c1-23(2)37(48-42(54)57-6)41(53)50-18-8-9-33(50)31-21-45-39(46-31)30-17-16-27(20-34(30)56-5)25-10-12-26(13-11-25)38-44-22-32(47-38)35-28-14-15-29(19-28)36(35)40(52)51(24(3)4)49-43(55)58-7/h10-13,16-17,20-24,28-29,33,35-37H,8-9,14-15,18-19H2,1-7H3,(H,44,47)(H,45,46)(H,48,54)(H,49,55)/t28?,29?,33-,35-,36+,37?/m0/s1. The highest BCUT2D eigenvalue weighted by Crippen LogP contribution is 2.57. The second kappa shape index (κ2) is 16.9. The monoisotopic (exact) mass is 794 g/mol. The van der Waals surface area contributed by atoms with Crippen molar-refractivity contribution in [3.8, 4) is 39.7 Å². The molecule has 0 spiro atoms. The number of nitrogens with one attached hydrogen (secondary N) is 4. The van der Waals surface area contributed by atoms with Crippen LogP contribution in [-0.4, -0.2) is 93.8 Å². The van der Waals surface area contributed by atoms with Crippen molar-refractivity contribution in [3.05, 3.63) is 66.2 Å². The number of H-pyrrole nitrogens is 2. The molecule has 15 heteroatoms. The molecule has 4 aromatic rings. The van der Waals surface area contributed by atoms with Gasteiger partial charge >= 0.3 is 12.2 Å². The number of hydrogen-bond acceptors (Lipinski definition) is 9. The van der Waals surface area contributed by atoms with E-state index in [4.69, 9.17) is 24.2 Å². The molecule has 4 N–H and O–H groups in total. The number of amides is 4. The number of alkyl carbamates (subject to hydrolysis) is 1. The molecule has 2 aromatic carbocycles. The van der Waals surface area contributed by atoms with Crippen LogP contribution in [-0.2, 0) is 19.1 Å². The van der Waals surface area contributed by atoms with Crippen molar-refractivity contribution in [1.82, 2.24) is 40.6 Å². The first-order valence-corrected chi connectivity index (χ1v) is 20.1. The summed E-state index contributed by atoms with van der Waals surface area (Å²) in [5.74, 6) is 1.99. The van der Waals surface area contributed by atoms with E-state index in [9.17, 15) is 19.2 Å². The lowest BCUT2D eigenvalue weighted by atomic mass is 9.77. The van der Waals surface area contributed by atoms with Crippen LogP contribution < -0.4 is 15.5 Å². The molecule has 6 atom stereocenters. The molecule has 15 nitrogen and oxygen atoms in total. The summed E-state index contributed by atoms with van der Waals surface area (Å²) in [7, 11) is 4.21. The van der Waals surface area contributed by atoms with Crippen molar-refractivity contribution in [1.29, 1.82) is 0 Å². The Hall–Kier alpha value is -5.86. The van der Waals surface area contributed by atoms with E-state index in [1.54, 1.807) is 13.3 Å².